The average molecular weight is 270 g/mol. The van der Waals surface area contributed by atoms with Crippen molar-refractivity contribution < 1.29 is 0 Å². The standard InChI is InChI=1S/C20H30/c1-2-3-4-5-6-7-8-9-10-11-12-14-17-20-18-15-13-16-19-20/h11-19H,2-10H2,1H3/b12-11+,17-14+. The van der Waals surface area contributed by atoms with Crippen LogP contribution in [0, 0.1) is 0 Å². The van der Waals surface area contributed by atoms with Gasteiger partial charge in [0.15, 0.2) is 0 Å². The zero-order valence-corrected chi connectivity index (χ0v) is 13.1. The van der Waals surface area contributed by atoms with E-state index in [-0.39, 0.29) is 0 Å². The molecular weight excluding hydrogens is 240 g/mol. The SMILES string of the molecule is CCCCCCCCCC/C=C/C=C/c1ccccc1. The van der Waals surface area contributed by atoms with Gasteiger partial charge in [0.25, 0.3) is 0 Å². The van der Waals surface area contributed by atoms with Crippen LogP contribution in [0.2, 0.25) is 0 Å². The van der Waals surface area contributed by atoms with Crippen molar-refractivity contribution in [2.45, 2.75) is 64.7 Å². The van der Waals surface area contributed by atoms with Gasteiger partial charge in [0.05, 0.1) is 0 Å². The molecule has 0 aliphatic heterocycles. The topological polar surface area (TPSA) is 0 Å². The van der Waals surface area contributed by atoms with Crippen molar-refractivity contribution in [1.82, 2.24) is 0 Å². The molecule has 0 nitrogen and oxygen atoms in total. The van der Waals surface area contributed by atoms with Gasteiger partial charge in [-0.2, -0.15) is 0 Å². The van der Waals surface area contributed by atoms with Crippen LogP contribution in [0.15, 0.2) is 48.6 Å². The Bertz CT molecular complexity index is 359. The predicted octanol–water partition coefficient (Wildman–Crippen LogP) is 6.79. The average Bonchev–Trinajstić information content (AvgIpc) is 2.49. The summed E-state index contributed by atoms with van der Waals surface area (Å²) in [5, 5.41) is 0. The third-order valence-electron chi connectivity index (χ3n) is 3.56. The van der Waals surface area contributed by atoms with E-state index in [0.717, 1.165) is 0 Å². The van der Waals surface area contributed by atoms with Gasteiger partial charge in [-0.1, -0.05) is 107 Å². The van der Waals surface area contributed by atoms with Crippen molar-refractivity contribution in [2.75, 3.05) is 0 Å². The molecule has 110 valence electrons. The number of rotatable bonds is 11. The molecule has 0 heterocycles. The van der Waals surface area contributed by atoms with Gasteiger partial charge in [-0.15, -0.1) is 0 Å². The smallest absolute Gasteiger partial charge is 0.0257 e. The molecular formula is C20H30. The van der Waals surface area contributed by atoms with Gasteiger partial charge in [-0.25, -0.2) is 0 Å². The van der Waals surface area contributed by atoms with E-state index in [1.165, 1.54) is 63.4 Å². The summed E-state index contributed by atoms with van der Waals surface area (Å²) in [7, 11) is 0. The van der Waals surface area contributed by atoms with E-state index in [1.54, 1.807) is 0 Å². The van der Waals surface area contributed by atoms with E-state index in [9.17, 15) is 0 Å². The summed E-state index contributed by atoms with van der Waals surface area (Å²) in [6, 6.07) is 10.5. The lowest BCUT2D eigenvalue weighted by Crippen LogP contribution is -1.79. The first-order chi connectivity index (χ1) is 9.93. The lowest BCUT2D eigenvalue weighted by molar-refractivity contribution is 0.577. The molecule has 1 aromatic rings. The lowest BCUT2D eigenvalue weighted by Gasteiger charge is -1.99. The van der Waals surface area contributed by atoms with Gasteiger partial charge in [0.2, 0.25) is 0 Å². The number of hydrogen-bond donors (Lipinski definition) is 0. The maximum atomic E-state index is 2.29. The van der Waals surface area contributed by atoms with Gasteiger partial charge >= 0.3 is 0 Å². The zero-order chi connectivity index (χ0) is 14.3. The molecule has 0 heteroatoms. The summed E-state index contributed by atoms with van der Waals surface area (Å²) >= 11 is 0. The van der Waals surface area contributed by atoms with Crippen LogP contribution < -0.4 is 0 Å². The Kier molecular flexibility index (Phi) is 10.7. The Morgan fingerprint density at radius 2 is 1.40 bits per heavy atom. The number of unbranched alkanes of at least 4 members (excludes halogenated alkanes) is 8. The van der Waals surface area contributed by atoms with Crippen molar-refractivity contribution in [3.63, 3.8) is 0 Å². The minimum Gasteiger partial charge on any atom is -0.0845 e. The summed E-state index contributed by atoms with van der Waals surface area (Å²) in [6.45, 7) is 2.28. The molecule has 0 aliphatic rings. The normalized spacial score (nSPS) is 11.7. The van der Waals surface area contributed by atoms with Gasteiger partial charge in [-0.3, -0.25) is 0 Å². The monoisotopic (exact) mass is 270 g/mol. The highest BCUT2D eigenvalue weighted by molar-refractivity contribution is 5.50. The van der Waals surface area contributed by atoms with Gasteiger partial charge in [-0.05, 0) is 18.4 Å². The van der Waals surface area contributed by atoms with Crippen LogP contribution in [0.5, 0.6) is 0 Å². The second-order valence-corrected chi connectivity index (χ2v) is 5.46. The van der Waals surface area contributed by atoms with E-state index in [0.29, 0.717) is 0 Å². The highest BCUT2D eigenvalue weighted by Crippen LogP contribution is 2.09. The van der Waals surface area contributed by atoms with E-state index < -0.39 is 0 Å². The van der Waals surface area contributed by atoms with Gasteiger partial charge in [0.1, 0.15) is 0 Å². The lowest BCUT2D eigenvalue weighted by atomic mass is 10.1. The molecule has 0 saturated carbocycles. The molecule has 0 amide bonds. The second-order valence-electron chi connectivity index (χ2n) is 5.46. The van der Waals surface area contributed by atoms with E-state index in [2.05, 4.69) is 61.6 Å². The van der Waals surface area contributed by atoms with Crippen LogP contribution in [-0.4, -0.2) is 0 Å². The van der Waals surface area contributed by atoms with Crippen LogP contribution in [0.3, 0.4) is 0 Å². The highest BCUT2D eigenvalue weighted by Gasteiger charge is 1.90. The fourth-order valence-corrected chi connectivity index (χ4v) is 2.30. The maximum absolute atomic E-state index is 2.29. The quantitative estimate of drug-likeness (QED) is 0.307. The van der Waals surface area contributed by atoms with E-state index >= 15 is 0 Å². The Labute approximate surface area is 125 Å². The Balaban J connectivity index is 1.93. The van der Waals surface area contributed by atoms with Crippen LogP contribution in [0.4, 0.5) is 0 Å². The molecule has 0 bridgehead atoms. The van der Waals surface area contributed by atoms with Crippen molar-refractivity contribution in [3.8, 4) is 0 Å². The van der Waals surface area contributed by atoms with Crippen LogP contribution in [0.1, 0.15) is 70.3 Å². The highest BCUT2D eigenvalue weighted by atomic mass is 14.0. The molecule has 0 fully saturated rings. The van der Waals surface area contributed by atoms with E-state index in [1.807, 2.05) is 0 Å². The molecule has 20 heavy (non-hydrogen) atoms. The fourth-order valence-electron chi connectivity index (χ4n) is 2.30. The third kappa shape index (κ3) is 9.61. The van der Waals surface area contributed by atoms with Crippen molar-refractivity contribution in [3.05, 3.63) is 54.1 Å². The van der Waals surface area contributed by atoms with Crippen molar-refractivity contribution in [2.24, 2.45) is 0 Å². The molecule has 0 spiro atoms. The maximum Gasteiger partial charge on any atom is -0.0257 e. The second kappa shape index (κ2) is 12.7. The van der Waals surface area contributed by atoms with Gasteiger partial charge < -0.3 is 0 Å². The Morgan fingerprint density at radius 3 is 2.10 bits per heavy atom. The Morgan fingerprint density at radius 1 is 0.750 bits per heavy atom. The summed E-state index contributed by atoms with van der Waals surface area (Å²) in [6.07, 6.45) is 21.2. The van der Waals surface area contributed by atoms with Crippen LogP contribution >= 0.6 is 0 Å². The first kappa shape index (κ1) is 16.8. The summed E-state index contributed by atoms with van der Waals surface area (Å²) < 4.78 is 0. The fraction of sp³-hybridized carbons (Fsp3) is 0.500. The summed E-state index contributed by atoms with van der Waals surface area (Å²) in [5.41, 5.74) is 1.27. The molecule has 0 aliphatic carbocycles. The number of benzene rings is 1. The number of hydrogen-bond acceptors (Lipinski definition) is 0. The minimum atomic E-state index is 1.22. The molecule has 0 unspecified atom stereocenters. The number of allylic oxidation sites excluding steroid dienone is 3. The van der Waals surface area contributed by atoms with Crippen LogP contribution in [0.25, 0.3) is 6.08 Å². The van der Waals surface area contributed by atoms with Gasteiger partial charge in [0, 0.05) is 0 Å². The molecule has 0 aromatic heterocycles. The van der Waals surface area contributed by atoms with E-state index in [4.69, 9.17) is 0 Å². The first-order valence-corrected chi connectivity index (χ1v) is 8.31. The minimum absolute atomic E-state index is 1.22. The Hall–Kier alpha value is -1.30. The molecule has 0 radical (unpaired) electrons. The molecule has 0 N–H and O–H groups in total. The summed E-state index contributed by atoms with van der Waals surface area (Å²) in [4.78, 5) is 0. The van der Waals surface area contributed by atoms with Crippen molar-refractivity contribution in [1.29, 1.82) is 0 Å². The molecule has 1 aromatic carbocycles. The van der Waals surface area contributed by atoms with Crippen LogP contribution in [-0.2, 0) is 0 Å². The predicted molar refractivity (Wildman–Crippen MR) is 91.8 cm³/mol. The first-order valence-electron chi connectivity index (χ1n) is 8.31. The molecule has 0 atom stereocenters. The third-order valence-corrected chi connectivity index (χ3v) is 3.56. The molecule has 1 rings (SSSR count). The molecule has 0 saturated heterocycles. The van der Waals surface area contributed by atoms with Crippen molar-refractivity contribution >= 4 is 6.08 Å². The zero-order valence-electron chi connectivity index (χ0n) is 13.1. The summed E-state index contributed by atoms with van der Waals surface area (Å²) in [5.74, 6) is 0. The largest absolute Gasteiger partial charge is 0.0845 e.